The molecule has 0 N–H and O–H groups in total. The summed E-state index contributed by atoms with van der Waals surface area (Å²) < 4.78 is 11.4. The molecule has 0 amide bonds. The number of ketones is 1. The van der Waals surface area contributed by atoms with Crippen molar-refractivity contribution >= 4 is 5.78 Å². The Bertz CT molecular complexity index is 610. The highest BCUT2D eigenvalue weighted by molar-refractivity contribution is 5.95. The van der Waals surface area contributed by atoms with Crippen LogP contribution < -0.4 is 0 Å². The molecule has 3 rings (SSSR count). The topological polar surface area (TPSA) is 39.4 Å². The van der Waals surface area contributed by atoms with Gasteiger partial charge in [-0.15, -0.1) is 0 Å². The van der Waals surface area contributed by atoms with E-state index in [2.05, 4.69) is 6.07 Å². The third-order valence-corrected chi connectivity index (χ3v) is 3.32. The molecule has 0 fully saturated rings. The van der Waals surface area contributed by atoms with Gasteiger partial charge < -0.3 is 9.15 Å². The lowest BCUT2D eigenvalue weighted by molar-refractivity contribution is 0.0779. The van der Waals surface area contributed by atoms with Crippen molar-refractivity contribution < 1.29 is 13.9 Å². The number of ether oxygens (including phenoxy) is 1. The number of carbonyl (C=O) groups excluding carboxylic acids is 1. The average molecular weight is 242 g/mol. The molecule has 1 aromatic carbocycles. The minimum absolute atomic E-state index is 0.0220. The van der Waals surface area contributed by atoms with Crippen molar-refractivity contribution in [2.24, 2.45) is 0 Å². The van der Waals surface area contributed by atoms with Gasteiger partial charge in [0, 0.05) is 0 Å². The Morgan fingerprint density at radius 1 is 1.33 bits per heavy atom. The van der Waals surface area contributed by atoms with Crippen LogP contribution in [0.25, 0.3) is 0 Å². The van der Waals surface area contributed by atoms with Gasteiger partial charge in [0.15, 0.2) is 5.78 Å². The van der Waals surface area contributed by atoms with E-state index in [0.29, 0.717) is 23.7 Å². The largest absolute Gasteiger partial charge is 0.462 e. The molecule has 2 heterocycles. The van der Waals surface area contributed by atoms with Crippen LogP contribution in [-0.4, -0.2) is 5.78 Å². The lowest BCUT2D eigenvalue weighted by Crippen LogP contribution is -1.96. The minimum atomic E-state index is -0.187. The first kappa shape index (κ1) is 11.2. The zero-order valence-electron chi connectivity index (χ0n) is 10.4. The molecule has 1 aliphatic rings. The predicted octanol–water partition coefficient (Wildman–Crippen LogP) is 3.41. The number of benzene rings is 1. The van der Waals surface area contributed by atoms with Crippen molar-refractivity contribution in [2.45, 2.75) is 26.6 Å². The van der Waals surface area contributed by atoms with Crippen LogP contribution in [0.5, 0.6) is 0 Å². The molecular weight excluding hydrogens is 228 g/mol. The van der Waals surface area contributed by atoms with Crippen LogP contribution in [0, 0.1) is 6.92 Å². The van der Waals surface area contributed by atoms with E-state index in [1.54, 1.807) is 19.9 Å². The van der Waals surface area contributed by atoms with E-state index < -0.39 is 0 Å². The third-order valence-electron chi connectivity index (χ3n) is 3.32. The van der Waals surface area contributed by atoms with Gasteiger partial charge in [-0.1, -0.05) is 24.3 Å². The highest BCUT2D eigenvalue weighted by atomic mass is 16.5. The van der Waals surface area contributed by atoms with Crippen LogP contribution in [0.3, 0.4) is 0 Å². The summed E-state index contributed by atoms with van der Waals surface area (Å²) in [6.07, 6.45) is -0.187. The molecule has 3 heteroatoms. The number of furan rings is 1. The van der Waals surface area contributed by atoms with Gasteiger partial charge >= 0.3 is 0 Å². The van der Waals surface area contributed by atoms with Crippen LogP contribution in [0.2, 0.25) is 0 Å². The lowest BCUT2D eigenvalue weighted by atomic mass is 10.0. The second-order valence-corrected chi connectivity index (χ2v) is 4.56. The second kappa shape index (κ2) is 4.10. The summed E-state index contributed by atoms with van der Waals surface area (Å²) in [5, 5.41) is 0. The van der Waals surface area contributed by atoms with E-state index in [9.17, 15) is 4.79 Å². The molecule has 1 atom stereocenters. The van der Waals surface area contributed by atoms with Crippen molar-refractivity contribution in [1.82, 2.24) is 0 Å². The Labute approximate surface area is 105 Å². The van der Waals surface area contributed by atoms with Crippen LogP contribution >= 0.6 is 0 Å². The van der Waals surface area contributed by atoms with Crippen molar-refractivity contribution in [3.63, 3.8) is 0 Å². The molecular formula is C15H14O3. The molecule has 0 aliphatic carbocycles. The number of rotatable bonds is 2. The molecule has 18 heavy (non-hydrogen) atoms. The standard InChI is InChI=1S/C15H14O3/c1-9(16)13-7-14(18-10(13)2)15-12-6-4-3-5-11(12)8-17-15/h3-7,15H,8H2,1-2H3. The third kappa shape index (κ3) is 1.68. The number of carbonyl (C=O) groups is 1. The van der Waals surface area contributed by atoms with Crippen molar-refractivity contribution in [1.29, 1.82) is 0 Å². The summed E-state index contributed by atoms with van der Waals surface area (Å²) >= 11 is 0. The van der Waals surface area contributed by atoms with Gasteiger partial charge in [0.1, 0.15) is 17.6 Å². The summed E-state index contributed by atoms with van der Waals surface area (Å²) in [4.78, 5) is 11.4. The SMILES string of the molecule is CC(=O)c1cc(C2OCc3ccccc32)oc1C. The first-order chi connectivity index (χ1) is 8.66. The Morgan fingerprint density at radius 3 is 2.83 bits per heavy atom. The number of hydrogen-bond donors (Lipinski definition) is 0. The molecule has 92 valence electrons. The average Bonchev–Trinajstić information content (AvgIpc) is 2.92. The maximum Gasteiger partial charge on any atom is 0.163 e. The van der Waals surface area contributed by atoms with E-state index in [1.165, 1.54) is 5.56 Å². The lowest BCUT2D eigenvalue weighted by Gasteiger charge is -2.07. The van der Waals surface area contributed by atoms with Crippen LogP contribution in [0.4, 0.5) is 0 Å². The molecule has 1 aromatic heterocycles. The normalized spacial score (nSPS) is 17.8. The van der Waals surface area contributed by atoms with Gasteiger partial charge in [0.25, 0.3) is 0 Å². The number of aryl methyl sites for hydroxylation is 1. The number of fused-ring (bicyclic) bond motifs is 1. The zero-order chi connectivity index (χ0) is 12.7. The highest BCUT2D eigenvalue weighted by Crippen LogP contribution is 2.37. The van der Waals surface area contributed by atoms with Crippen molar-refractivity contribution in [3.8, 4) is 0 Å². The molecule has 0 saturated heterocycles. The summed E-state index contributed by atoms with van der Waals surface area (Å²) in [5.41, 5.74) is 2.94. The van der Waals surface area contributed by atoms with Gasteiger partial charge in [0.2, 0.25) is 0 Å². The van der Waals surface area contributed by atoms with Crippen LogP contribution in [0.1, 0.15) is 46.0 Å². The fraction of sp³-hybridized carbons (Fsp3) is 0.267. The van der Waals surface area contributed by atoms with Crippen LogP contribution in [-0.2, 0) is 11.3 Å². The molecule has 1 aliphatic heterocycles. The van der Waals surface area contributed by atoms with Crippen LogP contribution in [0.15, 0.2) is 34.7 Å². The fourth-order valence-corrected chi connectivity index (χ4v) is 2.40. The highest BCUT2D eigenvalue weighted by Gasteiger charge is 2.28. The maximum absolute atomic E-state index is 11.4. The van der Waals surface area contributed by atoms with E-state index in [4.69, 9.17) is 9.15 Å². The Kier molecular flexibility index (Phi) is 2.56. The maximum atomic E-state index is 11.4. The molecule has 0 spiro atoms. The summed E-state index contributed by atoms with van der Waals surface area (Å²) in [6.45, 7) is 3.95. The monoisotopic (exact) mass is 242 g/mol. The molecule has 1 unspecified atom stereocenters. The molecule has 2 aromatic rings. The van der Waals surface area contributed by atoms with Gasteiger partial charge in [-0.3, -0.25) is 4.79 Å². The van der Waals surface area contributed by atoms with Gasteiger partial charge in [-0.05, 0) is 31.0 Å². The van der Waals surface area contributed by atoms with E-state index in [1.807, 2.05) is 18.2 Å². The van der Waals surface area contributed by atoms with E-state index in [0.717, 1.165) is 5.56 Å². The summed E-state index contributed by atoms with van der Waals surface area (Å²) in [6, 6.07) is 9.88. The van der Waals surface area contributed by atoms with Gasteiger partial charge in [-0.2, -0.15) is 0 Å². The van der Waals surface area contributed by atoms with Crippen molar-refractivity contribution in [3.05, 3.63) is 58.5 Å². The van der Waals surface area contributed by atoms with E-state index in [-0.39, 0.29) is 11.9 Å². The zero-order valence-corrected chi connectivity index (χ0v) is 10.4. The smallest absolute Gasteiger partial charge is 0.163 e. The van der Waals surface area contributed by atoms with Gasteiger partial charge in [-0.25, -0.2) is 0 Å². The quantitative estimate of drug-likeness (QED) is 0.757. The molecule has 0 bridgehead atoms. The Morgan fingerprint density at radius 2 is 2.11 bits per heavy atom. The predicted molar refractivity (Wildman–Crippen MR) is 66.5 cm³/mol. The van der Waals surface area contributed by atoms with Crippen molar-refractivity contribution in [2.75, 3.05) is 0 Å². The molecule has 3 nitrogen and oxygen atoms in total. The Balaban J connectivity index is 2.03. The first-order valence-corrected chi connectivity index (χ1v) is 5.97. The minimum Gasteiger partial charge on any atom is -0.462 e. The fourth-order valence-electron chi connectivity index (χ4n) is 2.40. The molecule has 0 saturated carbocycles. The van der Waals surface area contributed by atoms with E-state index >= 15 is 0 Å². The summed E-state index contributed by atoms with van der Waals surface area (Å²) in [7, 11) is 0. The number of Topliss-reactive ketones (excluding diaryl/α,β-unsaturated/α-hetero) is 1. The Hall–Kier alpha value is -1.87. The first-order valence-electron chi connectivity index (χ1n) is 5.97. The molecule has 0 radical (unpaired) electrons. The number of hydrogen-bond acceptors (Lipinski definition) is 3. The van der Waals surface area contributed by atoms with Gasteiger partial charge in [0.05, 0.1) is 12.2 Å². The second-order valence-electron chi connectivity index (χ2n) is 4.56. The summed E-state index contributed by atoms with van der Waals surface area (Å²) in [5.74, 6) is 1.39.